The van der Waals surface area contributed by atoms with Crippen LogP contribution in [0.3, 0.4) is 0 Å². The molecule has 3 N–H and O–H groups in total. The lowest BCUT2D eigenvalue weighted by Gasteiger charge is -2.35. The molecule has 1 aromatic rings. The van der Waals surface area contributed by atoms with E-state index in [2.05, 4.69) is 22.5 Å². The Morgan fingerprint density at radius 3 is 2.66 bits per heavy atom. The number of hydrogen-bond donors (Lipinski definition) is 3. The number of hydrogen-bond acceptors (Lipinski definition) is 7. The van der Waals surface area contributed by atoms with Crippen molar-refractivity contribution in [1.29, 1.82) is 0 Å². The van der Waals surface area contributed by atoms with E-state index < -0.39 is 47.4 Å². The summed E-state index contributed by atoms with van der Waals surface area (Å²) in [4.78, 5) is 69.2. The fourth-order valence-electron chi connectivity index (χ4n) is 6.84. The Kier molecular flexibility index (Phi) is 13.0. The van der Waals surface area contributed by atoms with Gasteiger partial charge in [0.1, 0.15) is 17.8 Å². The molecule has 11 nitrogen and oxygen atoms in total. The number of amides is 4. The van der Waals surface area contributed by atoms with Crippen LogP contribution in [0.5, 0.6) is 5.75 Å². The van der Waals surface area contributed by atoms with Crippen molar-refractivity contribution in [2.75, 3.05) is 19.7 Å². The number of unbranched alkanes of at least 4 members (excludes halogenated alkanes) is 1. The topological polar surface area (TPSA) is 143 Å². The first-order valence-corrected chi connectivity index (χ1v) is 17.2. The molecule has 3 aliphatic rings. The molecule has 0 aromatic heterocycles. The van der Waals surface area contributed by atoms with E-state index in [1.165, 1.54) is 11.0 Å². The van der Waals surface area contributed by atoms with Crippen LogP contribution < -0.4 is 20.7 Å². The van der Waals surface area contributed by atoms with Crippen molar-refractivity contribution in [2.45, 2.75) is 121 Å². The van der Waals surface area contributed by atoms with Crippen LogP contribution in [0.1, 0.15) is 90.5 Å². The zero-order chi connectivity index (χ0) is 34.0. The summed E-state index contributed by atoms with van der Waals surface area (Å²) in [5.74, 6) is -2.05. The highest BCUT2D eigenvalue weighted by atomic mass is 16.5. The quantitative estimate of drug-likeness (QED) is 0.260. The molecule has 2 heterocycles. The van der Waals surface area contributed by atoms with E-state index in [4.69, 9.17) is 9.47 Å². The summed E-state index contributed by atoms with van der Waals surface area (Å²) in [5.41, 5.74) is 0.148. The number of carbonyl (C=O) groups excluding carboxylic acids is 5. The molecule has 2 fully saturated rings. The summed E-state index contributed by atoms with van der Waals surface area (Å²) in [6.07, 6.45) is 8.13. The summed E-state index contributed by atoms with van der Waals surface area (Å²) < 4.78 is 12.6. The number of carbonyl (C=O) groups is 5. The molecule has 4 rings (SSSR count). The van der Waals surface area contributed by atoms with Crippen LogP contribution in [0.15, 0.2) is 36.9 Å². The normalized spacial score (nSPS) is 24.4. The Labute approximate surface area is 278 Å². The Hall–Kier alpha value is -3.73. The largest absolute Gasteiger partial charge is 0.493 e. The van der Waals surface area contributed by atoms with Gasteiger partial charge < -0.3 is 30.3 Å². The van der Waals surface area contributed by atoms with E-state index >= 15 is 0 Å². The smallest absolute Gasteiger partial charge is 0.289 e. The van der Waals surface area contributed by atoms with Crippen molar-refractivity contribution in [2.24, 2.45) is 5.92 Å². The van der Waals surface area contributed by atoms with Gasteiger partial charge in [-0.25, -0.2) is 0 Å². The van der Waals surface area contributed by atoms with Crippen LogP contribution in [-0.4, -0.2) is 83.8 Å². The molecule has 0 radical (unpaired) electrons. The number of rotatable bonds is 10. The van der Waals surface area contributed by atoms with Crippen molar-refractivity contribution in [3.05, 3.63) is 42.5 Å². The summed E-state index contributed by atoms with van der Waals surface area (Å²) in [6.45, 7) is 10.1. The minimum Gasteiger partial charge on any atom is -0.493 e. The van der Waals surface area contributed by atoms with E-state index in [0.717, 1.165) is 44.1 Å². The lowest BCUT2D eigenvalue weighted by Crippen LogP contribution is -2.58. The van der Waals surface area contributed by atoms with Crippen molar-refractivity contribution in [1.82, 2.24) is 20.9 Å². The van der Waals surface area contributed by atoms with Crippen LogP contribution in [0.25, 0.3) is 0 Å². The van der Waals surface area contributed by atoms with Crippen LogP contribution in [0.2, 0.25) is 0 Å². The Bertz CT molecular complexity index is 1290. The van der Waals surface area contributed by atoms with Crippen LogP contribution in [0.4, 0.5) is 0 Å². The average Bonchev–Trinajstić information content (AvgIpc) is 3.47. The molecular formula is C36H52N4O7. The first-order valence-electron chi connectivity index (χ1n) is 17.2. The molecule has 11 heteroatoms. The standard InChI is InChI=1S/C36H52N4O7/c1-5-7-16-28(32(42)34(44)37-18-6-2)38-33(43)29-22-27-23-40(29)35(45)31(25-13-9-8-10-14-25)39-30(41)21-24-12-11-15-26(20-24)46-19-17-36(3,4)47-27/h6,11-12,15,20,25,27-29,31H,2,5,7-10,13-14,16-19,21-23H2,1,3-4H3,(H,37,44)(H,38,43)(H,39,41)/t27-,28?,29+,31+/m1/s1. The van der Waals surface area contributed by atoms with Crippen molar-refractivity contribution in [3.63, 3.8) is 0 Å². The first-order chi connectivity index (χ1) is 22.5. The number of ketones is 1. The van der Waals surface area contributed by atoms with Gasteiger partial charge in [0.05, 0.1) is 30.8 Å². The van der Waals surface area contributed by atoms with Gasteiger partial charge in [-0.3, -0.25) is 24.0 Å². The highest BCUT2D eigenvalue weighted by molar-refractivity contribution is 6.38. The number of nitrogens with one attached hydrogen (secondary N) is 3. The fraction of sp³-hybridized carbons (Fsp3) is 0.639. The van der Waals surface area contributed by atoms with Gasteiger partial charge in [0.15, 0.2) is 0 Å². The van der Waals surface area contributed by atoms with Gasteiger partial charge in [-0.2, -0.15) is 0 Å². The third kappa shape index (κ3) is 10.1. The van der Waals surface area contributed by atoms with Crippen molar-refractivity contribution < 1.29 is 33.4 Å². The molecule has 4 atom stereocenters. The van der Waals surface area contributed by atoms with Crippen molar-refractivity contribution >= 4 is 29.4 Å². The maximum Gasteiger partial charge on any atom is 0.289 e. The van der Waals surface area contributed by atoms with Crippen LogP contribution in [-0.2, 0) is 35.1 Å². The molecule has 1 unspecified atom stereocenters. The second kappa shape index (κ2) is 16.9. The van der Waals surface area contributed by atoms with Crippen LogP contribution in [0, 0.1) is 5.92 Å². The third-order valence-corrected chi connectivity index (χ3v) is 9.38. The van der Waals surface area contributed by atoms with Gasteiger partial charge in [0.2, 0.25) is 23.5 Å². The molecule has 1 saturated carbocycles. The van der Waals surface area contributed by atoms with E-state index in [0.29, 0.717) is 25.2 Å². The molecule has 258 valence electrons. The number of Topliss-reactive ketones (excluding diaryl/α,β-unsaturated/α-hetero) is 1. The Balaban J connectivity index is 1.64. The minimum atomic E-state index is -1.04. The van der Waals surface area contributed by atoms with Gasteiger partial charge in [-0.1, -0.05) is 57.2 Å². The number of fused-ring (bicyclic) bond motifs is 4. The van der Waals surface area contributed by atoms with Gasteiger partial charge in [-0.05, 0) is 56.7 Å². The maximum atomic E-state index is 14.5. The molecule has 1 aliphatic carbocycles. The Morgan fingerprint density at radius 2 is 1.94 bits per heavy atom. The molecule has 2 aliphatic heterocycles. The summed E-state index contributed by atoms with van der Waals surface area (Å²) in [5, 5.41) is 8.36. The molecular weight excluding hydrogens is 600 g/mol. The van der Waals surface area contributed by atoms with Crippen molar-refractivity contribution in [3.8, 4) is 5.75 Å². The second-order valence-electron chi connectivity index (χ2n) is 13.7. The molecule has 1 aromatic carbocycles. The van der Waals surface area contributed by atoms with Gasteiger partial charge in [0, 0.05) is 25.9 Å². The molecule has 47 heavy (non-hydrogen) atoms. The highest BCUT2D eigenvalue weighted by Crippen LogP contribution is 2.32. The number of ether oxygens (including phenoxy) is 2. The predicted molar refractivity (Wildman–Crippen MR) is 178 cm³/mol. The maximum absolute atomic E-state index is 14.5. The molecule has 1 saturated heterocycles. The lowest BCUT2D eigenvalue weighted by molar-refractivity contribution is -0.144. The highest BCUT2D eigenvalue weighted by Gasteiger charge is 2.46. The molecule has 4 bridgehead atoms. The fourth-order valence-corrected chi connectivity index (χ4v) is 6.84. The number of nitrogens with zero attached hydrogens (tertiary/aromatic N) is 1. The first kappa shape index (κ1) is 36.1. The zero-order valence-electron chi connectivity index (χ0n) is 28.2. The van der Waals surface area contributed by atoms with Crippen LogP contribution >= 0.6 is 0 Å². The number of benzene rings is 1. The lowest BCUT2D eigenvalue weighted by atomic mass is 9.83. The molecule has 0 spiro atoms. The second-order valence-corrected chi connectivity index (χ2v) is 13.7. The van der Waals surface area contributed by atoms with E-state index in [9.17, 15) is 24.0 Å². The van der Waals surface area contributed by atoms with E-state index in [1.54, 1.807) is 0 Å². The van der Waals surface area contributed by atoms with E-state index in [-0.39, 0.29) is 50.1 Å². The van der Waals surface area contributed by atoms with Gasteiger partial charge >= 0.3 is 0 Å². The SMILES string of the molecule is C=CCNC(=O)C(=O)C(CCCC)NC(=O)[C@@H]1C[C@@H]2CN1C(=O)[C@H](C1CCCCC1)NC(=O)Cc1cccc(c1)OCCC(C)(C)O2. The minimum absolute atomic E-state index is 0.0682. The predicted octanol–water partition coefficient (Wildman–Crippen LogP) is 3.39. The monoisotopic (exact) mass is 652 g/mol. The molecule has 4 amide bonds. The zero-order valence-corrected chi connectivity index (χ0v) is 28.2. The van der Waals surface area contributed by atoms with Gasteiger partial charge in [0.25, 0.3) is 5.91 Å². The van der Waals surface area contributed by atoms with E-state index in [1.807, 2.05) is 45.0 Å². The van der Waals surface area contributed by atoms with Gasteiger partial charge in [-0.15, -0.1) is 6.58 Å². The summed E-state index contributed by atoms with van der Waals surface area (Å²) in [7, 11) is 0. The average molecular weight is 653 g/mol. The summed E-state index contributed by atoms with van der Waals surface area (Å²) >= 11 is 0. The summed E-state index contributed by atoms with van der Waals surface area (Å²) in [6, 6.07) is 4.62. The third-order valence-electron chi connectivity index (χ3n) is 9.38. The Morgan fingerprint density at radius 1 is 1.17 bits per heavy atom.